The molecular weight excluding hydrogens is 306 g/mol. The predicted octanol–water partition coefficient (Wildman–Crippen LogP) is 3.26. The van der Waals surface area contributed by atoms with E-state index in [9.17, 15) is 4.79 Å². The third kappa shape index (κ3) is 3.61. The molecule has 1 aromatic carbocycles. The minimum atomic E-state index is -0.620. The van der Waals surface area contributed by atoms with E-state index >= 15 is 0 Å². The van der Waals surface area contributed by atoms with Crippen molar-refractivity contribution in [2.24, 2.45) is 0 Å². The summed E-state index contributed by atoms with van der Waals surface area (Å²) in [5.41, 5.74) is 1.53. The summed E-state index contributed by atoms with van der Waals surface area (Å²) in [5.74, 6) is 0.500. The predicted molar refractivity (Wildman–Crippen MR) is 79.1 cm³/mol. The van der Waals surface area contributed by atoms with Crippen molar-refractivity contribution in [1.82, 2.24) is 9.97 Å². The molecule has 2 rings (SSSR count). The first kappa shape index (κ1) is 13.7. The number of anilines is 1. The van der Waals surface area contributed by atoms with Crippen LogP contribution in [0.4, 0.5) is 5.69 Å². The van der Waals surface area contributed by atoms with Crippen LogP contribution in [0.5, 0.6) is 0 Å². The van der Waals surface area contributed by atoms with Crippen LogP contribution in [-0.2, 0) is 4.79 Å². The first-order valence-electron chi connectivity index (χ1n) is 5.84. The van der Waals surface area contributed by atoms with Gasteiger partial charge in [-0.2, -0.15) is 0 Å². The van der Waals surface area contributed by atoms with Crippen LogP contribution in [-0.4, -0.2) is 20.2 Å². The Morgan fingerprint density at radius 1 is 1.16 bits per heavy atom. The van der Waals surface area contributed by atoms with Crippen LogP contribution in [0.15, 0.2) is 42.7 Å². The van der Waals surface area contributed by atoms with Crippen molar-refractivity contribution in [3.63, 3.8) is 0 Å². The monoisotopic (exact) mass is 319 g/mol. The van der Waals surface area contributed by atoms with Crippen molar-refractivity contribution in [1.29, 1.82) is 0 Å². The minimum absolute atomic E-state index is 0.136. The summed E-state index contributed by atoms with van der Waals surface area (Å²) in [5, 5.41) is 2.75. The number of carbonyl (C=O) groups excluding carboxylic acids is 1. The summed E-state index contributed by atoms with van der Waals surface area (Å²) in [4.78, 5) is 20.3. The van der Waals surface area contributed by atoms with Crippen LogP contribution >= 0.6 is 15.9 Å². The average Bonchev–Trinajstić information content (AvgIpc) is 2.39. The van der Waals surface area contributed by atoms with Crippen LogP contribution < -0.4 is 5.32 Å². The lowest BCUT2D eigenvalue weighted by molar-refractivity contribution is -0.117. The molecule has 0 atom stereocenters. The van der Waals surface area contributed by atoms with E-state index in [2.05, 4.69) is 31.2 Å². The number of aromatic nitrogens is 2. The fourth-order valence-corrected chi connectivity index (χ4v) is 1.51. The van der Waals surface area contributed by atoms with Gasteiger partial charge in [-0.25, -0.2) is 9.97 Å². The molecule has 4 nitrogen and oxygen atoms in total. The molecule has 0 fully saturated rings. The van der Waals surface area contributed by atoms with Crippen LogP contribution in [0.3, 0.4) is 0 Å². The van der Waals surface area contributed by atoms with E-state index in [0.29, 0.717) is 11.5 Å². The average molecular weight is 320 g/mol. The molecule has 0 unspecified atom stereocenters. The van der Waals surface area contributed by atoms with Gasteiger partial charge in [-0.05, 0) is 13.8 Å². The lowest BCUT2D eigenvalue weighted by Gasteiger charge is -2.15. The van der Waals surface area contributed by atoms with Gasteiger partial charge in [-0.1, -0.05) is 46.3 Å². The molecule has 0 saturated heterocycles. The van der Waals surface area contributed by atoms with E-state index in [1.807, 2.05) is 30.3 Å². The van der Waals surface area contributed by atoms with Crippen molar-refractivity contribution in [3.8, 4) is 11.4 Å². The molecule has 0 spiro atoms. The highest BCUT2D eigenvalue weighted by Crippen LogP contribution is 2.19. The van der Waals surface area contributed by atoms with Crippen LogP contribution in [0.2, 0.25) is 0 Å². The van der Waals surface area contributed by atoms with E-state index in [4.69, 9.17) is 0 Å². The molecule has 5 heteroatoms. The number of hydrogen-bond acceptors (Lipinski definition) is 3. The number of halogens is 1. The van der Waals surface area contributed by atoms with Gasteiger partial charge in [0.1, 0.15) is 0 Å². The molecule has 19 heavy (non-hydrogen) atoms. The summed E-state index contributed by atoms with van der Waals surface area (Å²) in [6, 6.07) is 9.68. The zero-order valence-electron chi connectivity index (χ0n) is 10.7. The Morgan fingerprint density at radius 2 is 1.74 bits per heavy atom. The fraction of sp³-hybridized carbons (Fsp3) is 0.214. The van der Waals surface area contributed by atoms with Crippen LogP contribution in [0.25, 0.3) is 11.4 Å². The molecule has 0 aliphatic rings. The first-order valence-corrected chi connectivity index (χ1v) is 6.64. The minimum Gasteiger partial charge on any atom is -0.322 e. The lowest BCUT2D eigenvalue weighted by atomic mass is 10.2. The van der Waals surface area contributed by atoms with E-state index in [1.165, 1.54) is 0 Å². The highest BCUT2D eigenvalue weighted by Gasteiger charge is 2.23. The Morgan fingerprint density at radius 3 is 2.26 bits per heavy atom. The molecule has 1 amide bonds. The number of hydrogen-bond donors (Lipinski definition) is 1. The second-order valence-electron chi connectivity index (χ2n) is 4.59. The summed E-state index contributed by atoms with van der Waals surface area (Å²) in [6.07, 6.45) is 3.21. The highest BCUT2D eigenvalue weighted by atomic mass is 79.9. The zero-order valence-corrected chi connectivity index (χ0v) is 12.3. The molecule has 0 aliphatic heterocycles. The summed E-state index contributed by atoms with van der Waals surface area (Å²) in [6.45, 7) is 3.56. The van der Waals surface area contributed by atoms with Crippen LogP contribution in [0, 0.1) is 0 Å². The molecular formula is C14H14BrN3O. The third-order valence-electron chi connectivity index (χ3n) is 2.48. The van der Waals surface area contributed by atoms with Crippen molar-refractivity contribution in [2.45, 2.75) is 18.2 Å². The summed E-state index contributed by atoms with van der Waals surface area (Å²) >= 11 is 3.30. The maximum absolute atomic E-state index is 11.8. The van der Waals surface area contributed by atoms with E-state index < -0.39 is 4.32 Å². The standard InChI is InChI=1S/C14H14BrN3O/c1-14(2,15)13(19)18-11-8-16-12(17-9-11)10-6-4-3-5-7-10/h3-9H,1-2H3,(H,18,19). The SMILES string of the molecule is CC(C)(Br)C(=O)Nc1cnc(-c2ccccc2)nc1. The second kappa shape index (κ2) is 5.48. The third-order valence-corrected chi connectivity index (χ3v) is 2.84. The van der Waals surface area contributed by atoms with E-state index in [1.54, 1.807) is 26.2 Å². The van der Waals surface area contributed by atoms with Crippen molar-refractivity contribution >= 4 is 27.5 Å². The Labute approximate surface area is 120 Å². The number of alkyl halides is 1. The second-order valence-corrected chi connectivity index (χ2v) is 6.57. The normalized spacial score (nSPS) is 11.1. The molecule has 2 aromatic rings. The number of amides is 1. The zero-order chi connectivity index (χ0) is 13.9. The van der Waals surface area contributed by atoms with Crippen molar-refractivity contribution in [2.75, 3.05) is 5.32 Å². The van der Waals surface area contributed by atoms with Gasteiger partial charge < -0.3 is 5.32 Å². The number of carbonyl (C=O) groups is 1. The molecule has 0 radical (unpaired) electrons. The molecule has 0 bridgehead atoms. The topological polar surface area (TPSA) is 54.9 Å². The van der Waals surface area contributed by atoms with Gasteiger partial charge in [-0.3, -0.25) is 4.79 Å². The molecule has 0 aliphatic carbocycles. The molecule has 1 N–H and O–H groups in total. The van der Waals surface area contributed by atoms with Crippen molar-refractivity contribution in [3.05, 3.63) is 42.7 Å². The Kier molecular flexibility index (Phi) is 3.95. The Hall–Kier alpha value is -1.75. The first-order chi connectivity index (χ1) is 8.97. The maximum atomic E-state index is 11.8. The van der Waals surface area contributed by atoms with Gasteiger partial charge >= 0.3 is 0 Å². The van der Waals surface area contributed by atoms with Gasteiger partial charge in [-0.15, -0.1) is 0 Å². The van der Waals surface area contributed by atoms with Gasteiger partial charge in [0.25, 0.3) is 0 Å². The molecule has 1 aromatic heterocycles. The lowest BCUT2D eigenvalue weighted by Crippen LogP contribution is -2.31. The molecule has 98 valence electrons. The van der Waals surface area contributed by atoms with E-state index in [0.717, 1.165) is 5.56 Å². The quantitative estimate of drug-likeness (QED) is 0.883. The van der Waals surface area contributed by atoms with Gasteiger partial charge in [0, 0.05) is 5.56 Å². The van der Waals surface area contributed by atoms with E-state index in [-0.39, 0.29) is 5.91 Å². The number of nitrogens with one attached hydrogen (secondary N) is 1. The molecule has 0 saturated carbocycles. The number of benzene rings is 1. The fourth-order valence-electron chi connectivity index (χ4n) is 1.41. The van der Waals surface area contributed by atoms with Gasteiger partial charge in [0.05, 0.1) is 22.4 Å². The Bertz CT molecular complexity index is 561. The van der Waals surface area contributed by atoms with Gasteiger partial charge in [0.15, 0.2) is 5.82 Å². The summed E-state index contributed by atoms with van der Waals surface area (Å²) in [7, 11) is 0. The number of nitrogens with zero attached hydrogens (tertiary/aromatic N) is 2. The Balaban J connectivity index is 2.14. The maximum Gasteiger partial charge on any atom is 0.240 e. The van der Waals surface area contributed by atoms with Crippen molar-refractivity contribution < 1.29 is 4.79 Å². The smallest absolute Gasteiger partial charge is 0.240 e. The molecule has 1 heterocycles. The summed E-state index contributed by atoms with van der Waals surface area (Å²) < 4.78 is -0.620. The largest absolute Gasteiger partial charge is 0.322 e. The number of rotatable bonds is 3. The van der Waals surface area contributed by atoms with Crippen LogP contribution in [0.1, 0.15) is 13.8 Å². The highest BCUT2D eigenvalue weighted by molar-refractivity contribution is 9.10. The van der Waals surface area contributed by atoms with Gasteiger partial charge in [0.2, 0.25) is 5.91 Å².